The Morgan fingerprint density at radius 1 is 1.15 bits per heavy atom. The molecular weight excluding hydrogens is 354 g/mol. The maximum Gasteiger partial charge on any atom is 0.323 e. The fourth-order valence-electron chi connectivity index (χ4n) is 3.00. The van der Waals surface area contributed by atoms with Crippen LogP contribution in [0.4, 0.5) is 21.9 Å². The van der Waals surface area contributed by atoms with Gasteiger partial charge in [0.1, 0.15) is 5.75 Å². The fraction of sp³-hybridized carbons (Fsp3) is 0.278. The maximum atomic E-state index is 12.3. The Labute approximate surface area is 153 Å². The largest absolute Gasteiger partial charge is 0.495 e. The molecule has 1 aliphatic rings. The molecule has 2 amide bonds. The van der Waals surface area contributed by atoms with E-state index in [0.29, 0.717) is 35.8 Å². The van der Waals surface area contributed by atoms with Crippen molar-refractivity contribution in [1.29, 1.82) is 0 Å². The van der Waals surface area contributed by atoms with Gasteiger partial charge < -0.3 is 15.4 Å². The Bertz CT molecular complexity index is 957. The van der Waals surface area contributed by atoms with Gasteiger partial charge in [0.15, 0.2) is 0 Å². The third-order valence-corrected chi connectivity index (χ3v) is 5.37. The number of sulfonamides is 1. The molecule has 1 heterocycles. The number of anilines is 3. The molecule has 0 unspecified atom stereocenters. The second-order valence-corrected chi connectivity index (χ2v) is 8.12. The van der Waals surface area contributed by atoms with E-state index in [0.717, 1.165) is 11.1 Å². The Hall–Kier alpha value is -2.74. The second-order valence-electron chi connectivity index (χ2n) is 6.21. The first-order valence-corrected chi connectivity index (χ1v) is 9.96. The number of ether oxygens (including phenoxy) is 1. The van der Waals surface area contributed by atoms with Crippen LogP contribution < -0.4 is 19.7 Å². The van der Waals surface area contributed by atoms with Crippen molar-refractivity contribution in [3.05, 3.63) is 47.5 Å². The number of urea groups is 1. The number of benzene rings is 2. The van der Waals surface area contributed by atoms with Gasteiger partial charge in [0.25, 0.3) is 0 Å². The summed E-state index contributed by atoms with van der Waals surface area (Å²) in [6.45, 7) is 2.35. The van der Waals surface area contributed by atoms with Crippen LogP contribution >= 0.6 is 0 Å². The van der Waals surface area contributed by atoms with E-state index in [-0.39, 0.29) is 0 Å². The van der Waals surface area contributed by atoms with Crippen LogP contribution in [-0.2, 0) is 16.4 Å². The highest BCUT2D eigenvalue weighted by atomic mass is 32.2. The number of fused-ring (bicyclic) bond motifs is 1. The van der Waals surface area contributed by atoms with Crippen LogP contribution in [0.15, 0.2) is 36.4 Å². The first-order chi connectivity index (χ1) is 12.3. The van der Waals surface area contributed by atoms with E-state index in [4.69, 9.17) is 4.74 Å². The molecule has 0 atom stereocenters. The second kappa shape index (κ2) is 6.87. The third kappa shape index (κ3) is 3.75. The van der Waals surface area contributed by atoms with Crippen LogP contribution in [0.5, 0.6) is 5.75 Å². The highest BCUT2D eigenvalue weighted by Crippen LogP contribution is 2.32. The van der Waals surface area contributed by atoms with Gasteiger partial charge in [-0.2, -0.15) is 0 Å². The monoisotopic (exact) mass is 375 g/mol. The number of nitrogens with one attached hydrogen (secondary N) is 2. The predicted molar refractivity (Wildman–Crippen MR) is 103 cm³/mol. The van der Waals surface area contributed by atoms with Gasteiger partial charge in [0, 0.05) is 12.2 Å². The minimum atomic E-state index is -3.28. The number of hydrogen-bond acceptors (Lipinski definition) is 4. The minimum absolute atomic E-state index is 0.396. The van der Waals surface area contributed by atoms with Gasteiger partial charge >= 0.3 is 6.03 Å². The summed E-state index contributed by atoms with van der Waals surface area (Å²) in [6, 6.07) is 10.3. The van der Waals surface area contributed by atoms with E-state index in [1.165, 1.54) is 10.6 Å². The molecular formula is C18H21N3O4S. The number of rotatable bonds is 4. The Morgan fingerprint density at radius 2 is 1.92 bits per heavy atom. The number of carbonyl (C=O) groups is 1. The Kier molecular flexibility index (Phi) is 4.78. The van der Waals surface area contributed by atoms with Crippen LogP contribution in [0.3, 0.4) is 0 Å². The van der Waals surface area contributed by atoms with E-state index in [1.807, 2.05) is 19.1 Å². The fourth-order valence-corrected chi connectivity index (χ4v) is 3.96. The van der Waals surface area contributed by atoms with E-state index in [9.17, 15) is 13.2 Å². The van der Waals surface area contributed by atoms with E-state index >= 15 is 0 Å². The summed E-state index contributed by atoms with van der Waals surface area (Å²) in [4.78, 5) is 12.3. The Morgan fingerprint density at radius 3 is 2.62 bits per heavy atom. The van der Waals surface area contributed by atoms with Crippen molar-refractivity contribution in [3.63, 3.8) is 0 Å². The molecule has 0 bridgehead atoms. The third-order valence-electron chi connectivity index (χ3n) is 4.19. The number of aryl methyl sites for hydroxylation is 1. The molecule has 8 heteroatoms. The van der Waals surface area contributed by atoms with Crippen molar-refractivity contribution < 1.29 is 17.9 Å². The molecule has 138 valence electrons. The lowest BCUT2D eigenvalue weighted by atomic mass is 10.1. The highest BCUT2D eigenvalue weighted by Gasteiger charge is 2.26. The Balaban J connectivity index is 1.74. The quantitative estimate of drug-likeness (QED) is 0.860. The number of methoxy groups -OCH3 is 1. The molecule has 0 aromatic heterocycles. The van der Waals surface area contributed by atoms with Crippen molar-refractivity contribution in [1.82, 2.24) is 0 Å². The van der Waals surface area contributed by atoms with Crippen LogP contribution in [-0.4, -0.2) is 34.4 Å². The summed E-state index contributed by atoms with van der Waals surface area (Å²) in [5.74, 6) is 0.573. The lowest BCUT2D eigenvalue weighted by Gasteiger charge is -2.17. The highest BCUT2D eigenvalue weighted by molar-refractivity contribution is 7.92. The molecule has 26 heavy (non-hydrogen) atoms. The topological polar surface area (TPSA) is 87.7 Å². The molecule has 0 radical (unpaired) electrons. The number of nitrogens with zero attached hydrogens (tertiary/aromatic N) is 1. The summed E-state index contributed by atoms with van der Waals surface area (Å²) in [6.07, 6.45) is 1.81. The zero-order chi connectivity index (χ0) is 18.9. The first kappa shape index (κ1) is 18.1. The normalized spacial score (nSPS) is 13.3. The molecule has 2 N–H and O–H groups in total. The lowest BCUT2D eigenvalue weighted by Crippen LogP contribution is -2.27. The van der Waals surface area contributed by atoms with Gasteiger partial charge in [-0.3, -0.25) is 4.31 Å². The smallest absolute Gasteiger partial charge is 0.323 e. The summed E-state index contributed by atoms with van der Waals surface area (Å²) in [7, 11) is -1.74. The van der Waals surface area contributed by atoms with Crippen molar-refractivity contribution in [2.45, 2.75) is 13.3 Å². The van der Waals surface area contributed by atoms with Gasteiger partial charge in [-0.15, -0.1) is 0 Å². The predicted octanol–water partition coefficient (Wildman–Crippen LogP) is 2.97. The molecule has 0 spiro atoms. The van der Waals surface area contributed by atoms with Crippen LogP contribution in [0.1, 0.15) is 11.1 Å². The molecule has 0 saturated carbocycles. The van der Waals surface area contributed by atoms with Crippen LogP contribution in [0.25, 0.3) is 0 Å². The SMILES string of the molecule is COc1ccc(C)cc1NC(=O)Nc1ccc2c(c1)CCN2S(C)(=O)=O. The van der Waals surface area contributed by atoms with E-state index in [2.05, 4.69) is 10.6 Å². The lowest BCUT2D eigenvalue weighted by molar-refractivity contribution is 0.262. The molecule has 2 aromatic rings. The van der Waals surface area contributed by atoms with Crippen molar-refractivity contribution in [3.8, 4) is 5.75 Å². The number of carbonyl (C=O) groups excluding carboxylic acids is 1. The summed E-state index contributed by atoms with van der Waals surface area (Å²) >= 11 is 0. The first-order valence-electron chi connectivity index (χ1n) is 8.11. The zero-order valence-corrected chi connectivity index (χ0v) is 15.7. The van der Waals surface area contributed by atoms with Crippen molar-refractivity contribution in [2.75, 3.05) is 34.8 Å². The van der Waals surface area contributed by atoms with Crippen LogP contribution in [0.2, 0.25) is 0 Å². The molecule has 0 fully saturated rings. The van der Waals surface area contributed by atoms with Gasteiger partial charge in [-0.1, -0.05) is 6.07 Å². The number of hydrogen-bond donors (Lipinski definition) is 2. The minimum Gasteiger partial charge on any atom is -0.495 e. The summed E-state index contributed by atoms with van der Waals surface area (Å²) in [5.41, 5.74) is 3.73. The van der Waals surface area contributed by atoms with Crippen LogP contribution in [0, 0.1) is 6.92 Å². The molecule has 0 aliphatic carbocycles. The van der Waals surface area contributed by atoms with Gasteiger partial charge in [-0.25, -0.2) is 13.2 Å². The van der Waals surface area contributed by atoms with E-state index < -0.39 is 16.1 Å². The molecule has 1 aliphatic heterocycles. The summed E-state index contributed by atoms with van der Waals surface area (Å²) in [5, 5.41) is 5.54. The maximum absolute atomic E-state index is 12.3. The van der Waals surface area contributed by atoms with Gasteiger partial charge in [0.05, 0.1) is 24.7 Å². The number of amides is 2. The van der Waals surface area contributed by atoms with Gasteiger partial charge in [0.2, 0.25) is 10.0 Å². The molecule has 3 rings (SSSR count). The molecule has 7 nitrogen and oxygen atoms in total. The zero-order valence-electron chi connectivity index (χ0n) is 14.9. The molecule has 0 saturated heterocycles. The van der Waals surface area contributed by atoms with Crippen molar-refractivity contribution in [2.24, 2.45) is 0 Å². The molecule has 2 aromatic carbocycles. The van der Waals surface area contributed by atoms with E-state index in [1.54, 1.807) is 31.4 Å². The van der Waals surface area contributed by atoms with Gasteiger partial charge in [-0.05, 0) is 54.8 Å². The standard InChI is InChI=1S/C18H21N3O4S/c1-12-4-7-17(25-2)15(10-12)20-18(22)19-14-5-6-16-13(11-14)8-9-21(16)26(3,23)24/h4-7,10-11H,8-9H2,1-3H3,(H2,19,20,22). The average molecular weight is 375 g/mol. The average Bonchev–Trinajstić information content (AvgIpc) is 2.98. The summed E-state index contributed by atoms with van der Waals surface area (Å²) < 4.78 is 30.2. The van der Waals surface area contributed by atoms with Crippen molar-refractivity contribution >= 4 is 33.1 Å².